The molecule has 1 rings (SSSR count). The van der Waals surface area contributed by atoms with Crippen LogP contribution in [0.3, 0.4) is 0 Å². The first-order chi connectivity index (χ1) is 7.06. The fourth-order valence-electron chi connectivity index (χ4n) is 1.33. The minimum absolute atomic E-state index is 0.184. The Morgan fingerprint density at radius 3 is 2.67 bits per heavy atom. The van der Waals surface area contributed by atoms with E-state index in [1.165, 1.54) is 13.2 Å². The van der Waals surface area contributed by atoms with Crippen LogP contribution in [-0.2, 0) is 11.4 Å². The quantitative estimate of drug-likeness (QED) is 0.760. The number of hydrogen-bond donors (Lipinski definition) is 2. The summed E-state index contributed by atoms with van der Waals surface area (Å²) in [5, 5.41) is 9.53. The molecule has 5 heteroatoms. The van der Waals surface area contributed by atoms with Crippen molar-refractivity contribution in [1.82, 2.24) is 5.48 Å². The summed E-state index contributed by atoms with van der Waals surface area (Å²) in [7, 11) is 1.42. The van der Waals surface area contributed by atoms with Crippen LogP contribution in [0.2, 0.25) is 0 Å². The number of hydroxylamine groups is 1. The Morgan fingerprint density at radius 1 is 1.47 bits per heavy atom. The number of phenols is 1. The minimum atomic E-state index is -2.67. The van der Waals surface area contributed by atoms with Crippen molar-refractivity contribution in [1.29, 1.82) is 0 Å². The number of benzene rings is 1. The zero-order chi connectivity index (χ0) is 11.4. The molecule has 0 spiro atoms. The third-order valence-electron chi connectivity index (χ3n) is 2.00. The van der Waals surface area contributed by atoms with Crippen molar-refractivity contribution < 1.29 is 18.7 Å². The molecule has 0 saturated heterocycles. The summed E-state index contributed by atoms with van der Waals surface area (Å²) in [6.07, 6.45) is -2.67. The van der Waals surface area contributed by atoms with E-state index < -0.39 is 6.43 Å². The van der Waals surface area contributed by atoms with Crippen LogP contribution in [0.1, 0.15) is 23.1 Å². The summed E-state index contributed by atoms with van der Waals surface area (Å²) >= 11 is 0. The third kappa shape index (κ3) is 2.87. The molecule has 0 unspecified atom stereocenters. The number of nitrogens with one attached hydrogen (secondary N) is 1. The van der Waals surface area contributed by atoms with Crippen molar-refractivity contribution in [2.24, 2.45) is 0 Å². The van der Waals surface area contributed by atoms with Crippen LogP contribution in [-0.4, -0.2) is 12.2 Å². The van der Waals surface area contributed by atoms with E-state index in [4.69, 9.17) is 0 Å². The highest BCUT2D eigenvalue weighted by molar-refractivity contribution is 5.44. The van der Waals surface area contributed by atoms with Crippen molar-refractivity contribution >= 4 is 0 Å². The first kappa shape index (κ1) is 11.9. The van der Waals surface area contributed by atoms with E-state index in [-0.39, 0.29) is 17.9 Å². The van der Waals surface area contributed by atoms with Crippen LogP contribution in [0.15, 0.2) is 12.1 Å². The standard InChI is InChI=1S/C10H13F2NO2/c1-6-3-7(5-13-15-2)9(14)8(4-6)10(11)12/h3-4,10,13-14H,5H2,1-2H3. The van der Waals surface area contributed by atoms with E-state index in [2.05, 4.69) is 10.3 Å². The predicted octanol–water partition coefficient (Wildman–Crippen LogP) is 2.29. The van der Waals surface area contributed by atoms with Crippen molar-refractivity contribution in [3.8, 4) is 5.75 Å². The molecule has 1 aromatic carbocycles. The van der Waals surface area contributed by atoms with Gasteiger partial charge < -0.3 is 9.94 Å². The van der Waals surface area contributed by atoms with Gasteiger partial charge in [-0.1, -0.05) is 11.6 Å². The maximum atomic E-state index is 12.5. The average molecular weight is 217 g/mol. The largest absolute Gasteiger partial charge is 0.507 e. The Hall–Kier alpha value is -1.20. The molecule has 1 aromatic rings. The van der Waals surface area contributed by atoms with Gasteiger partial charge in [0.05, 0.1) is 12.7 Å². The van der Waals surface area contributed by atoms with Gasteiger partial charge in [0.1, 0.15) is 5.75 Å². The second-order valence-corrected chi connectivity index (χ2v) is 3.19. The van der Waals surface area contributed by atoms with Crippen LogP contribution in [0, 0.1) is 6.92 Å². The van der Waals surface area contributed by atoms with Gasteiger partial charge in [-0.25, -0.2) is 8.78 Å². The lowest BCUT2D eigenvalue weighted by Gasteiger charge is -2.11. The average Bonchev–Trinajstić information content (AvgIpc) is 2.18. The fraction of sp³-hybridized carbons (Fsp3) is 0.400. The monoisotopic (exact) mass is 217 g/mol. The Labute approximate surface area is 86.6 Å². The number of hydrogen-bond acceptors (Lipinski definition) is 3. The molecule has 3 nitrogen and oxygen atoms in total. The highest BCUT2D eigenvalue weighted by atomic mass is 19.3. The van der Waals surface area contributed by atoms with Crippen molar-refractivity contribution in [3.63, 3.8) is 0 Å². The first-order valence-corrected chi connectivity index (χ1v) is 4.42. The fourth-order valence-corrected chi connectivity index (χ4v) is 1.33. The molecule has 84 valence electrons. The van der Waals surface area contributed by atoms with E-state index >= 15 is 0 Å². The Morgan fingerprint density at radius 2 is 2.13 bits per heavy atom. The molecular weight excluding hydrogens is 204 g/mol. The highest BCUT2D eigenvalue weighted by Gasteiger charge is 2.16. The lowest BCUT2D eigenvalue weighted by molar-refractivity contribution is 0.0858. The molecule has 0 bridgehead atoms. The normalized spacial score (nSPS) is 11.0. The van der Waals surface area contributed by atoms with E-state index in [9.17, 15) is 13.9 Å². The van der Waals surface area contributed by atoms with Crippen molar-refractivity contribution in [2.45, 2.75) is 19.9 Å². The lowest BCUT2D eigenvalue weighted by Crippen LogP contribution is -2.11. The van der Waals surface area contributed by atoms with Gasteiger partial charge >= 0.3 is 0 Å². The molecule has 0 atom stereocenters. The van der Waals surface area contributed by atoms with Crippen LogP contribution in [0.4, 0.5) is 8.78 Å². The Balaban J connectivity index is 3.05. The lowest BCUT2D eigenvalue weighted by atomic mass is 10.0. The second-order valence-electron chi connectivity index (χ2n) is 3.19. The van der Waals surface area contributed by atoms with Crippen molar-refractivity contribution in [3.05, 3.63) is 28.8 Å². The summed E-state index contributed by atoms with van der Waals surface area (Å²) in [6.45, 7) is 1.88. The Kier molecular flexibility index (Phi) is 3.99. The summed E-state index contributed by atoms with van der Waals surface area (Å²) in [4.78, 5) is 4.59. The molecule has 2 N–H and O–H groups in total. The molecule has 0 fully saturated rings. The molecule has 0 aliphatic carbocycles. The number of aryl methyl sites for hydroxylation is 1. The molecule has 0 heterocycles. The van der Waals surface area contributed by atoms with Gasteiger partial charge in [0, 0.05) is 12.1 Å². The van der Waals surface area contributed by atoms with E-state index in [1.807, 2.05) is 0 Å². The zero-order valence-electron chi connectivity index (χ0n) is 8.55. The molecule has 0 aromatic heterocycles. The predicted molar refractivity (Wildman–Crippen MR) is 51.6 cm³/mol. The summed E-state index contributed by atoms with van der Waals surface area (Å²) in [6, 6.07) is 2.91. The van der Waals surface area contributed by atoms with Gasteiger partial charge in [-0.15, -0.1) is 0 Å². The van der Waals surface area contributed by atoms with Crippen LogP contribution in [0.25, 0.3) is 0 Å². The van der Waals surface area contributed by atoms with E-state index in [0.29, 0.717) is 11.1 Å². The van der Waals surface area contributed by atoms with Crippen LogP contribution < -0.4 is 5.48 Å². The Bertz CT molecular complexity index is 342. The minimum Gasteiger partial charge on any atom is -0.507 e. The molecule has 0 saturated carbocycles. The summed E-state index contributed by atoms with van der Waals surface area (Å²) < 4.78 is 25.0. The topological polar surface area (TPSA) is 41.5 Å². The van der Waals surface area contributed by atoms with Gasteiger partial charge in [0.2, 0.25) is 0 Å². The molecule has 0 aliphatic heterocycles. The summed E-state index contributed by atoms with van der Waals surface area (Å²) in [5.74, 6) is -0.375. The van der Waals surface area contributed by atoms with Crippen LogP contribution >= 0.6 is 0 Å². The summed E-state index contributed by atoms with van der Waals surface area (Å²) in [5.41, 5.74) is 3.22. The first-order valence-electron chi connectivity index (χ1n) is 4.42. The van der Waals surface area contributed by atoms with E-state index in [1.54, 1.807) is 13.0 Å². The number of aromatic hydroxyl groups is 1. The third-order valence-corrected chi connectivity index (χ3v) is 2.00. The van der Waals surface area contributed by atoms with Gasteiger partial charge in [-0.05, 0) is 13.0 Å². The van der Waals surface area contributed by atoms with Gasteiger partial charge in [0.25, 0.3) is 6.43 Å². The highest BCUT2D eigenvalue weighted by Crippen LogP contribution is 2.32. The maximum absolute atomic E-state index is 12.5. The maximum Gasteiger partial charge on any atom is 0.267 e. The number of halogens is 2. The van der Waals surface area contributed by atoms with Gasteiger partial charge in [0.15, 0.2) is 0 Å². The molecule has 0 aliphatic rings. The van der Waals surface area contributed by atoms with Gasteiger partial charge in [-0.2, -0.15) is 5.48 Å². The molecule has 0 radical (unpaired) electrons. The van der Waals surface area contributed by atoms with E-state index in [0.717, 1.165) is 0 Å². The number of rotatable bonds is 4. The van der Waals surface area contributed by atoms with Crippen LogP contribution in [0.5, 0.6) is 5.75 Å². The zero-order valence-corrected chi connectivity index (χ0v) is 8.55. The van der Waals surface area contributed by atoms with Gasteiger partial charge in [-0.3, -0.25) is 0 Å². The number of alkyl halides is 2. The molecular formula is C10H13F2NO2. The number of phenolic OH excluding ortho intramolecular Hbond substituents is 1. The second kappa shape index (κ2) is 5.04. The molecule has 0 amide bonds. The smallest absolute Gasteiger partial charge is 0.267 e. The molecule has 15 heavy (non-hydrogen) atoms. The van der Waals surface area contributed by atoms with Crippen molar-refractivity contribution in [2.75, 3.05) is 7.11 Å². The SMILES string of the molecule is CONCc1cc(C)cc(C(F)F)c1O.